The third-order valence-corrected chi connectivity index (χ3v) is 3.72. The molecule has 110 valence electrons. The van der Waals surface area contributed by atoms with Crippen LogP contribution >= 0.6 is 0 Å². The summed E-state index contributed by atoms with van der Waals surface area (Å²) in [5.74, 6) is -0.992. The van der Waals surface area contributed by atoms with Gasteiger partial charge < -0.3 is 14.9 Å². The lowest BCUT2D eigenvalue weighted by Gasteiger charge is -2.35. The Hall–Kier alpha value is -2.32. The number of hydrogen-bond acceptors (Lipinski definition) is 4. The fourth-order valence-corrected chi connectivity index (χ4v) is 2.50. The second-order valence-corrected chi connectivity index (χ2v) is 4.98. The van der Waals surface area contributed by atoms with Crippen LogP contribution in [0, 0.1) is 11.3 Å². The molecule has 1 heterocycles. The van der Waals surface area contributed by atoms with Crippen LogP contribution in [0.5, 0.6) is 0 Å². The summed E-state index contributed by atoms with van der Waals surface area (Å²) in [4.78, 5) is 15.1. The number of anilines is 1. The fraction of sp³-hybridized carbons (Fsp3) is 0.375. The molecule has 5 heteroatoms. The zero-order chi connectivity index (χ0) is 15.2. The number of hydrogen-bond donors (Lipinski definition) is 1. The number of carbonyl (C=O) groups is 1. The molecule has 0 unspecified atom stereocenters. The van der Waals surface area contributed by atoms with Crippen molar-refractivity contribution in [2.75, 3.05) is 37.6 Å². The van der Waals surface area contributed by atoms with E-state index in [4.69, 9.17) is 5.11 Å². The molecule has 1 fully saturated rings. The number of rotatable bonds is 4. The average molecular weight is 285 g/mol. The van der Waals surface area contributed by atoms with E-state index in [1.54, 1.807) is 6.07 Å². The van der Waals surface area contributed by atoms with Gasteiger partial charge in [-0.2, -0.15) is 5.26 Å². The first kappa shape index (κ1) is 15.1. The van der Waals surface area contributed by atoms with E-state index in [1.165, 1.54) is 6.08 Å². The highest BCUT2D eigenvalue weighted by Crippen LogP contribution is 2.23. The summed E-state index contributed by atoms with van der Waals surface area (Å²) in [7, 11) is 0. The van der Waals surface area contributed by atoms with Crippen LogP contribution in [0.4, 0.5) is 5.69 Å². The minimum absolute atomic E-state index is 0.590. The third-order valence-electron chi connectivity index (χ3n) is 3.72. The van der Waals surface area contributed by atoms with E-state index < -0.39 is 5.97 Å². The summed E-state index contributed by atoms with van der Waals surface area (Å²) in [6.07, 6.45) is 2.58. The molecular formula is C16H19N3O2. The number of aliphatic carboxylic acids is 1. The van der Waals surface area contributed by atoms with E-state index in [0.717, 1.165) is 50.1 Å². The lowest BCUT2D eigenvalue weighted by atomic mass is 10.1. The standard InChI is InChI=1S/C16H19N3O2/c1-2-18-7-9-19(10-8-18)15-5-3-13(4-6-16(20)21)11-14(15)12-17/h3-6,11H,2,7-10H2,1H3,(H,20,21)/b6-4+. The molecule has 0 aliphatic carbocycles. The van der Waals surface area contributed by atoms with Crippen molar-refractivity contribution in [2.45, 2.75) is 6.92 Å². The van der Waals surface area contributed by atoms with E-state index in [9.17, 15) is 10.1 Å². The van der Waals surface area contributed by atoms with Gasteiger partial charge in [-0.1, -0.05) is 13.0 Å². The summed E-state index contributed by atoms with van der Waals surface area (Å²) in [6.45, 7) is 7.03. The van der Waals surface area contributed by atoms with E-state index >= 15 is 0 Å². The summed E-state index contributed by atoms with van der Waals surface area (Å²) >= 11 is 0. The average Bonchev–Trinajstić information content (AvgIpc) is 2.52. The second-order valence-electron chi connectivity index (χ2n) is 4.98. The Bertz CT molecular complexity index is 582. The van der Waals surface area contributed by atoms with Crippen LogP contribution in [0.1, 0.15) is 18.1 Å². The predicted molar refractivity (Wildman–Crippen MR) is 82.2 cm³/mol. The molecule has 0 bridgehead atoms. The largest absolute Gasteiger partial charge is 0.478 e. The maximum absolute atomic E-state index is 10.5. The number of benzene rings is 1. The Morgan fingerprint density at radius 3 is 2.67 bits per heavy atom. The van der Waals surface area contributed by atoms with Crippen LogP contribution in [0.15, 0.2) is 24.3 Å². The first-order valence-electron chi connectivity index (χ1n) is 7.06. The van der Waals surface area contributed by atoms with Gasteiger partial charge in [0.1, 0.15) is 6.07 Å². The van der Waals surface area contributed by atoms with Gasteiger partial charge in [-0.3, -0.25) is 0 Å². The zero-order valence-electron chi connectivity index (χ0n) is 12.1. The van der Waals surface area contributed by atoms with E-state index in [1.807, 2.05) is 12.1 Å². The maximum atomic E-state index is 10.5. The fourth-order valence-electron chi connectivity index (χ4n) is 2.50. The molecule has 0 atom stereocenters. The molecule has 21 heavy (non-hydrogen) atoms. The molecule has 2 rings (SSSR count). The van der Waals surface area contributed by atoms with Crippen molar-refractivity contribution in [3.05, 3.63) is 35.4 Å². The van der Waals surface area contributed by atoms with Crippen molar-refractivity contribution in [3.8, 4) is 6.07 Å². The first-order valence-corrected chi connectivity index (χ1v) is 7.06. The van der Waals surface area contributed by atoms with Gasteiger partial charge in [0.2, 0.25) is 0 Å². The molecule has 1 aromatic carbocycles. The Morgan fingerprint density at radius 2 is 2.10 bits per heavy atom. The molecule has 0 spiro atoms. The number of nitrogens with zero attached hydrogens (tertiary/aromatic N) is 3. The van der Waals surface area contributed by atoms with Gasteiger partial charge in [0.05, 0.1) is 11.3 Å². The van der Waals surface area contributed by atoms with Crippen LogP contribution in [0.2, 0.25) is 0 Å². The van der Waals surface area contributed by atoms with Crippen molar-refractivity contribution in [3.63, 3.8) is 0 Å². The van der Waals surface area contributed by atoms with E-state index in [-0.39, 0.29) is 0 Å². The van der Waals surface area contributed by atoms with Crippen LogP contribution in [-0.2, 0) is 4.79 Å². The lowest BCUT2D eigenvalue weighted by molar-refractivity contribution is -0.131. The van der Waals surface area contributed by atoms with Crippen molar-refractivity contribution >= 4 is 17.7 Å². The number of nitriles is 1. The molecule has 1 N–H and O–H groups in total. The molecule has 0 saturated carbocycles. The van der Waals surface area contributed by atoms with Crippen LogP contribution in [0.3, 0.4) is 0 Å². The summed E-state index contributed by atoms with van der Waals surface area (Å²) in [5.41, 5.74) is 2.25. The van der Waals surface area contributed by atoms with Crippen molar-refractivity contribution in [1.29, 1.82) is 5.26 Å². The van der Waals surface area contributed by atoms with Gasteiger partial charge >= 0.3 is 5.97 Å². The van der Waals surface area contributed by atoms with Crippen molar-refractivity contribution < 1.29 is 9.90 Å². The van der Waals surface area contributed by atoms with Gasteiger partial charge in [0.15, 0.2) is 0 Å². The summed E-state index contributed by atoms with van der Waals surface area (Å²) in [5, 5.41) is 18.0. The smallest absolute Gasteiger partial charge is 0.328 e. The van der Waals surface area contributed by atoms with Gasteiger partial charge in [0.25, 0.3) is 0 Å². The van der Waals surface area contributed by atoms with Gasteiger partial charge in [-0.15, -0.1) is 0 Å². The zero-order valence-corrected chi connectivity index (χ0v) is 12.1. The molecule has 1 aromatic rings. The third kappa shape index (κ3) is 3.83. The van der Waals surface area contributed by atoms with Crippen molar-refractivity contribution in [2.24, 2.45) is 0 Å². The van der Waals surface area contributed by atoms with Gasteiger partial charge in [0, 0.05) is 32.3 Å². The van der Waals surface area contributed by atoms with E-state index in [0.29, 0.717) is 5.56 Å². The predicted octanol–water partition coefficient (Wildman–Crippen LogP) is 1.80. The lowest BCUT2D eigenvalue weighted by Crippen LogP contribution is -2.46. The highest BCUT2D eigenvalue weighted by molar-refractivity contribution is 5.85. The molecule has 0 radical (unpaired) electrons. The molecule has 5 nitrogen and oxygen atoms in total. The number of likely N-dealkylation sites (N-methyl/N-ethyl adjacent to an activating group) is 1. The summed E-state index contributed by atoms with van der Waals surface area (Å²) < 4.78 is 0. The normalized spacial score (nSPS) is 16.1. The second kappa shape index (κ2) is 6.91. The summed E-state index contributed by atoms with van der Waals surface area (Å²) in [6, 6.07) is 7.70. The highest BCUT2D eigenvalue weighted by Gasteiger charge is 2.18. The van der Waals surface area contributed by atoms with Gasteiger partial charge in [-0.25, -0.2) is 4.79 Å². The Labute approximate surface area is 124 Å². The number of carboxylic acids is 1. The van der Waals surface area contributed by atoms with E-state index in [2.05, 4.69) is 22.8 Å². The Morgan fingerprint density at radius 1 is 1.38 bits per heavy atom. The molecular weight excluding hydrogens is 266 g/mol. The van der Waals surface area contributed by atoms with Crippen molar-refractivity contribution in [1.82, 2.24) is 4.90 Å². The Kier molecular flexibility index (Phi) is 4.96. The minimum atomic E-state index is -0.992. The maximum Gasteiger partial charge on any atom is 0.328 e. The highest BCUT2D eigenvalue weighted by atomic mass is 16.4. The topological polar surface area (TPSA) is 67.6 Å². The Balaban J connectivity index is 2.17. The van der Waals surface area contributed by atoms with Crippen LogP contribution in [-0.4, -0.2) is 48.7 Å². The van der Waals surface area contributed by atoms with Gasteiger partial charge in [-0.05, 0) is 30.3 Å². The van der Waals surface area contributed by atoms with Crippen LogP contribution in [0.25, 0.3) is 6.08 Å². The molecule has 1 saturated heterocycles. The molecule has 0 amide bonds. The SMILES string of the molecule is CCN1CCN(c2ccc(/C=C/C(=O)O)cc2C#N)CC1. The molecule has 1 aliphatic heterocycles. The molecule has 1 aliphatic rings. The quantitative estimate of drug-likeness (QED) is 0.854. The van der Waals surface area contributed by atoms with Crippen LogP contribution < -0.4 is 4.90 Å². The monoisotopic (exact) mass is 285 g/mol. The molecule has 0 aromatic heterocycles. The number of carboxylic acid groups (broad SMARTS) is 1. The minimum Gasteiger partial charge on any atom is -0.478 e. The number of piperazine rings is 1. The first-order chi connectivity index (χ1) is 10.1.